The van der Waals surface area contributed by atoms with Crippen molar-refractivity contribution in [1.29, 1.82) is 0 Å². The second-order valence-electron chi connectivity index (χ2n) is 7.76. The van der Waals surface area contributed by atoms with Crippen LogP contribution >= 0.6 is 0 Å². The first-order valence-corrected chi connectivity index (χ1v) is 10.1. The number of benzene rings is 2. The summed E-state index contributed by atoms with van der Waals surface area (Å²) < 4.78 is 0. The topological polar surface area (TPSA) is 92.3 Å². The van der Waals surface area contributed by atoms with Crippen LogP contribution in [0.3, 0.4) is 0 Å². The summed E-state index contributed by atoms with van der Waals surface area (Å²) in [7, 11) is 0. The first kappa shape index (κ1) is 21.4. The van der Waals surface area contributed by atoms with Crippen molar-refractivity contribution >= 4 is 23.4 Å². The number of Topliss-reactive ketones (excluding diaryl/α,β-unsaturated/α-hetero) is 2. The average Bonchev–Trinajstić information content (AvgIpc) is 3.56. The highest BCUT2D eigenvalue weighted by atomic mass is 16.2. The lowest BCUT2D eigenvalue weighted by molar-refractivity contribution is -0.128. The van der Waals surface area contributed by atoms with E-state index in [4.69, 9.17) is 0 Å². The van der Waals surface area contributed by atoms with E-state index in [2.05, 4.69) is 10.6 Å². The van der Waals surface area contributed by atoms with Gasteiger partial charge in [-0.15, -0.1) is 0 Å². The number of hydrogen-bond acceptors (Lipinski definition) is 4. The average molecular weight is 406 g/mol. The van der Waals surface area contributed by atoms with Crippen molar-refractivity contribution < 1.29 is 19.2 Å². The molecule has 0 saturated heterocycles. The van der Waals surface area contributed by atoms with Gasteiger partial charge in [-0.2, -0.15) is 0 Å². The maximum absolute atomic E-state index is 13.1. The van der Waals surface area contributed by atoms with E-state index < -0.39 is 12.1 Å². The summed E-state index contributed by atoms with van der Waals surface area (Å²) in [5.74, 6) is -0.711. The van der Waals surface area contributed by atoms with E-state index in [1.807, 2.05) is 30.3 Å². The Labute approximate surface area is 176 Å². The van der Waals surface area contributed by atoms with Gasteiger partial charge in [0, 0.05) is 19.3 Å². The zero-order valence-corrected chi connectivity index (χ0v) is 17.2. The maximum Gasteiger partial charge on any atom is 0.223 e. The lowest BCUT2D eigenvalue weighted by atomic mass is 9.94. The number of amides is 2. The Morgan fingerprint density at radius 2 is 1.53 bits per heavy atom. The lowest BCUT2D eigenvalue weighted by Gasteiger charge is -2.19. The maximum atomic E-state index is 13.1. The summed E-state index contributed by atoms with van der Waals surface area (Å²) in [6, 6.07) is 14.8. The van der Waals surface area contributed by atoms with Crippen LogP contribution in [0.4, 0.5) is 0 Å². The molecule has 1 aliphatic rings. The molecule has 3 rings (SSSR count). The van der Waals surface area contributed by atoms with Gasteiger partial charge in [0.1, 0.15) is 12.1 Å². The van der Waals surface area contributed by atoms with Crippen LogP contribution in [-0.2, 0) is 25.6 Å². The molecular weight excluding hydrogens is 380 g/mol. The first-order chi connectivity index (χ1) is 14.3. The molecule has 1 aliphatic carbocycles. The van der Waals surface area contributed by atoms with E-state index in [1.54, 1.807) is 24.3 Å². The van der Waals surface area contributed by atoms with Gasteiger partial charge >= 0.3 is 0 Å². The largest absolute Gasteiger partial charge is 0.342 e. The highest BCUT2D eigenvalue weighted by Crippen LogP contribution is 2.30. The zero-order valence-electron chi connectivity index (χ0n) is 17.2. The molecule has 2 atom stereocenters. The lowest BCUT2D eigenvalue weighted by Crippen LogP contribution is -2.35. The third-order valence-electron chi connectivity index (χ3n) is 5.11. The molecule has 2 aromatic rings. The van der Waals surface area contributed by atoms with Crippen LogP contribution < -0.4 is 10.6 Å². The van der Waals surface area contributed by atoms with Crippen molar-refractivity contribution in [2.45, 2.75) is 45.2 Å². The summed E-state index contributed by atoms with van der Waals surface area (Å²) in [5, 5.41) is 5.54. The molecule has 2 N–H and O–H groups in total. The predicted molar refractivity (Wildman–Crippen MR) is 112 cm³/mol. The van der Waals surface area contributed by atoms with Crippen LogP contribution in [0.15, 0.2) is 54.6 Å². The minimum Gasteiger partial charge on any atom is -0.342 e. The predicted octanol–water partition coefficient (Wildman–Crippen LogP) is 2.83. The third kappa shape index (κ3) is 5.63. The molecule has 0 bridgehead atoms. The van der Waals surface area contributed by atoms with Gasteiger partial charge in [-0.05, 0) is 36.5 Å². The molecule has 156 valence electrons. The highest BCUT2D eigenvalue weighted by molar-refractivity contribution is 5.92. The second-order valence-corrected chi connectivity index (χ2v) is 7.76. The zero-order chi connectivity index (χ0) is 21.7. The van der Waals surface area contributed by atoms with Crippen LogP contribution in [0.25, 0.3) is 0 Å². The van der Waals surface area contributed by atoms with E-state index in [0.29, 0.717) is 5.56 Å². The quantitative estimate of drug-likeness (QED) is 0.670. The number of ketones is 2. The van der Waals surface area contributed by atoms with Crippen molar-refractivity contribution in [2.75, 3.05) is 0 Å². The Hall–Kier alpha value is -3.28. The SMILES string of the molecule is CC(=O)N[C@@H](C(C)=O)c1cccc(CC(=O)[C@H](NC(=O)C2CC2)c2ccccc2)c1. The monoisotopic (exact) mass is 406 g/mol. The Balaban J connectivity index is 1.80. The summed E-state index contributed by atoms with van der Waals surface area (Å²) in [5.41, 5.74) is 2.09. The summed E-state index contributed by atoms with van der Waals surface area (Å²) in [6.45, 7) is 2.77. The summed E-state index contributed by atoms with van der Waals surface area (Å²) in [6.07, 6.45) is 1.82. The smallest absolute Gasteiger partial charge is 0.223 e. The molecular formula is C24H26N2O4. The van der Waals surface area contributed by atoms with Crippen LogP contribution in [0, 0.1) is 5.92 Å². The summed E-state index contributed by atoms with van der Waals surface area (Å²) >= 11 is 0. The molecule has 0 aromatic heterocycles. The highest BCUT2D eigenvalue weighted by Gasteiger charge is 2.33. The Morgan fingerprint density at radius 3 is 2.13 bits per heavy atom. The van der Waals surface area contributed by atoms with Crippen LogP contribution in [0.1, 0.15) is 55.5 Å². The van der Waals surface area contributed by atoms with E-state index in [0.717, 1.165) is 24.0 Å². The summed E-state index contributed by atoms with van der Waals surface area (Å²) in [4.78, 5) is 48.9. The van der Waals surface area contributed by atoms with Gasteiger partial charge in [0.25, 0.3) is 0 Å². The van der Waals surface area contributed by atoms with Crippen LogP contribution in [-0.4, -0.2) is 23.4 Å². The van der Waals surface area contributed by atoms with Crippen molar-refractivity contribution in [3.63, 3.8) is 0 Å². The van der Waals surface area contributed by atoms with Gasteiger partial charge in [-0.1, -0.05) is 54.6 Å². The molecule has 0 unspecified atom stereocenters. The second kappa shape index (κ2) is 9.48. The fourth-order valence-electron chi connectivity index (χ4n) is 3.41. The van der Waals surface area contributed by atoms with E-state index in [9.17, 15) is 19.2 Å². The van der Waals surface area contributed by atoms with Crippen LogP contribution in [0.5, 0.6) is 0 Å². The van der Waals surface area contributed by atoms with Gasteiger partial charge in [0.15, 0.2) is 11.6 Å². The van der Waals surface area contributed by atoms with Gasteiger partial charge in [0.05, 0.1) is 0 Å². The minimum absolute atomic E-state index is 0.00122. The Bertz CT molecular complexity index is 951. The van der Waals surface area contributed by atoms with Crippen molar-refractivity contribution in [2.24, 2.45) is 5.92 Å². The van der Waals surface area contributed by atoms with E-state index in [1.165, 1.54) is 13.8 Å². The molecule has 6 nitrogen and oxygen atoms in total. The number of rotatable bonds is 9. The molecule has 30 heavy (non-hydrogen) atoms. The molecule has 0 aliphatic heterocycles. The Kier molecular flexibility index (Phi) is 6.77. The fourth-order valence-corrected chi connectivity index (χ4v) is 3.41. The van der Waals surface area contributed by atoms with Gasteiger partial charge in [-0.3, -0.25) is 19.2 Å². The molecule has 1 saturated carbocycles. The number of nitrogens with one attached hydrogen (secondary N) is 2. The molecule has 1 fully saturated rings. The first-order valence-electron chi connectivity index (χ1n) is 10.1. The minimum atomic E-state index is -0.753. The standard InChI is InChI=1S/C24H26N2O4/c1-15(27)22(25-16(2)28)20-10-6-7-17(13-20)14-21(29)23(18-8-4-3-5-9-18)26-24(30)19-11-12-19/h3-10,13,19,22-23H,11-12,14H2,1-2H3,(H,25,28)(H,26,30)/t22-,23+/m0/s1. The van der Waals surface area contributed by atoms with Crippen LogP contribution in [0.2, 0.25) is 0 Å². The molecule has 0 heterocycles. The van der Waals surface area contributed by atoms with Crippen molar-refractivity contribution in [3.8, 4) is 0 Å². The molecule has 2 amide bonds. The normalized spacial score (nSPS) is 15.0. The number of carbonyl (C=O) groups is 4. The van der Waals surface area contributed by atoms with Gasteiger partial charge in [-0.25, -0.2) is 0 Å². The Morgan fingerprint density at radius 1 is 0.867 bits per heavy atom. The molecule has 2 aromatic carbocycles. The number of carbonyl (C=O) groups excluding carboxylic acids is 4. The molecule has 0 radical (unpaired) electrons. The molecule has 6 heteroatoms. The van der Waals surface area contributed by atoms with Crippen molar-refractivity contribution in [1.82, 2.24) is 10.6 Å². The molecule has 0 spiro atoms. The fraction of sp³-hybridized carbons (Fsp3) is 0.333. The van der Waals surface area contributed by atoms with E-state index in [-0.39, 0.29) is 35.7 Å². The van der Waals surface area contributed by atoms with Crippen molar-refractivity contribution in [3.05, 3.63) is 71.3 Å². The number of hydrogen-bond donors (Lipinski definition) is 2. The van der Waals surface area contributed by atoms with E-state index >= 15 is 0 Å². The van der Waals surface area contributed by atoms with Gasteiger partial charge < -0.3 is 10.6 Å². The third-order valence-corrected chi connectivity index (χ3v) is 5.11. The van der Waals surface area contributed by atoms with Gasteiger partial charge in [0.2, 0.25) is 11.8 Å².